The topological polar surface area (TPSA) is 88.1 Å². The number of benzene rings is 3. The van der Waals surface area contributed by atoms with E-state index in [0.717, 1.165) is 0 Å². The molecule has 1 heterocycles. The molecule has 1 fully saturated rings. The minimum atomic E-state index is -0.807. The molecule has 0 aliphatic carbocycles. The number of carbonyl (C=O) groups is 3. The van der Waals surface area contributed by atoms with Gasteiger partial charge in [-0.25, -0.2) is 14.4 Å². The van der Waals surface area contributed by atoms with E-state index in [-0.39, 0.29) is 13.0 Å². The summed E-state index contributed by atoms with van der Waals surface area (Å²) in [6.45, 7) is 1.84. The van der Waals surface area contributed by atoms with Crippen LogP contribution in [0, 0.1) is 0 Å². The molecule has 7 nitrogen and oxygen atoms in total. The van der Waals surface area contributed by atoms with Crippen LogP contribution in [0.15, 0.2) is 91.0 Å². The largest absolute Gasteiger partial charge is 0.459 e. The van der Waals surface area contributed by atoms with Gasteiger partial charge in [-0.15, -0.1) is 11.8 Å². The highest BCUT2D eigenvalue weighted by molar-refractivity contribution is 7.99. The molecule has 0 saturated carbocycles. The average molecular weight is 521 g/mol. The van der Waals surface area contributed by atoms with Crippen LogP contribution in [0.25, 0.3) is 0 Å². The summed E-state index contributed by atoms with van der Waals surface area (Å²) < 4.78 is 23.4. The Hall–Kier alpha value is -3.62. The van der Waals surface area contributed by atoms with Gasteiger partial charge in [-0.05, 0) is 42.2 Å². The van der Waals surface area contributed by atoms with Crippen LogP contribution < -0.4 is 0 Å². The van der Waals surface area contributed by atoms with Gasteiger partial charge in [0.15, 0.2) is 0 Å². The van der Waals surface area contributed by atoms with Gasteiger partial charge in [-0.3, -0.25) is 0 Å². The van der Waals surface area contributed by atoms with Gasteiger partial charge in [0, 0.05) is 6.42 Å². The maximum Gasteiger partial charge on any atom is 0.338 e. The second-order valence-electron chi connectivity index (χ2n) is 8.32. The van der Waals surface area contributed by atoms with Crippen molar-refractivity contribution in [2.24, 2.45) is 0 Å². The van der Waals surface area contributed by atoms with Gasteiger partial charge in [0.2, 0.25) is 0 Å². The van der Waals surface area contributed by atoms with Gasteiger partial charge < -0.3 is 18.9 Å². The molecule has 0 radical (unpaired) electrons. The lowest BCUT2D eigenvalue weighted by Crippen LogP contribution is -2.51. The highest BCUT2D eigenvalue weighted by atomic mass is 32.2. The number of hydrogen-bond donors (Lipinski definition) is 0. The third kappa shape index (κ3) is 7.21. The van der Waals surface area contributed by atoms with Crippen molar-refractivity contribution in [3.63, 3.8) is 0 Å². The summed E-state index contributed by atoms with van der Waals surface area (Å²) in [7, 11) is 0. The Labute approximate surface area is 220 Å². The summed E-state index contributed by atoms with van der Waals surface area (Å²) in [5.41, 5.74) is 0.681. The Bertz CT molecular complexity index is 1170. The molecule has 1 aliphatic heterocycles. The van der Waals surface area contributed by atoms with Crippen LogP contribution >= 0.6 is 11.8 Å². The first-order valence-corrected chi connectivity index (χ1v) is 13.1. The Kier molecular flexibility index (Phi) is 9.35. The van der Waals surface area contributed by atoms with Gasteiger partial charge in [0.05, 0.1) is 16.7 Å². The Morgan fingerprint density at radius 1 is 0.730 bits per heavy atom. The number of esters is 3. The van der Waals surface area contributed by atoms with E-state index in [2.05, 4.69) is 0 Å². The zero-order valence-corrected chi connectivity index (χ0v) is 21.2. The van der Waals surface area contributed by atoms with Crippen LogP contribution in [0.3, 0.4) is 0 Å². The van der Waals surface area contributed by atoms with E-state index in [1.807, 2.05) is 19.1 Å². The first-order valence-electron chi connectivity index (χ1n) is 12.1. The first-order chi connectivity index (χ1) is 18.0. The molecule has 0 N–H and O–H groups in total. The summed E-state index contributed by atoms with van der Waals surface area (Å²) in [5, 5.41) is 0. The third-order valence-corrected chi connectivity index (χ3v) is 6.82. The van der Waals surface area contributed by atoms with E-state index in [0.29, 0.717) is 22.4 Å². The molecule has 0 amide bonds. The lowest BCUT2D eigenvalue weighted by molar-refractivity contribution is -0.154. The predicted molar refractivity (Wildman–Crippen MR) is 139 cm³/mol. The van der Waals surface area contributed by atoms with Crippen LogP contribution in [0.2, 0.25) is 0 Å². The molecular formula is C29H28O7S. The number of ether oxygens (including phenoxy) is 4. The molecule has 4 atom stereocenters. The Balaban J connectivity index is 1.51. The second-order valence-corrected chi connectivity index (χ2v) is 9.69. The quantitative estimate of drug-likeness (QED) is 0.282. The molecule has 192 valence electrons. The minimum Gasteiger partial charge on any atom is -0.459 e. The van der Waals surface area contributed by atoms with Gasteiger partial charge in [0.25, 0.3) is 0 Å². The molecule has 0 aromatic heterocycles. The Morgan fingerprint density at radius 2 is 1.19 bits per heavy atom. The lowest BCUT2D eigenvalue weighted by atomic mass is 10.0. The van der Waals surface area contributed by atoms with Crippen molar-refractivity contribution in [1.29, 1.82) is 0 Å². The first kappa shape index (κ1) is 26.4. The third-order valence-electron chi connectivity index (χ3n) is 5.75. The Morgan fingerprint density at radius 3 is 1.68 bits per heavy atom. The molecule has 3 aromatic carbocycles. The highest BCUT2D eigenvalue weighted by Crippen LogP contribution is 2.33. The van der Waals surface area contributed by atoms with E-state index in [1.165, 1.54) is 11.8 Å². The molecule has 37 heavy (non-hydrogen) atoms. The average Bonchev–Trinajstić information content (AvgIpc) is 2.94. The van der Waals surface area contributed by atoms with Crippen molar-refractivity contribution >= 4 is 29.7 Å². The fourth-order valence-electron chi connectivity index (χ4n) is 3.90. The predicted octanol–water partition coefficient (Wildman–Crippen LogP) is 5.16. The van der Waals surface area contributed by atoms with Gasteiger partial charge in [-0.2, -0.15) is 0 Å². The molecule has 4 rings (SSSR count). The monoisotopic (exact) mass is 520 g/mol. The van der Waals surface area contributed by atoms with Gasteiger partial charge in [0.1, 0.15) is 30.4 Å². The standard InChI is InChI=1S/C29H28O7S/c1-2-37-29-24(35-28(32)22-16-10-5-11-17-22)18-23(34-27(31)21-14-8-4-9-15-21)25(36-29)19-33-26(30)20-12-6-3-7-13-20/h3-17,23-25,29H,2,18-19H2,1H3/t23-,24+,25+,29?/m0/s1. The second kappa shape index (κ2) is 13.1. The van der Waals surface area contributed by atoms with Crippen LogP contribution in [-0.4, -0.2) is 54.0 Å². The van der Waals surface area contributed by atoms with E-state index >= 15 is 0 Å². The fourth-order valence-corrected chi connectivity index (χ4v) is 4.83. The molecule has 3 aromatic rings. The maximum absolute atomic E-state index is 12.9. The zero-order chi connectivity index (χ0) is 26.0. The smallest absolute Gasteiger partial charge is 0.338 e. The summed E-state index contributed by atoms with van der Waals surface area (Å²) >= 11 is 1.47. The van der Waals surface area contributed by atoms with Crippen molar-refractivity contribution in [2.75, 3.05) is 12.4 Å². The fraction of sp³-hybridized carbons (Fsp3) is 0.276. The van der Waals surface area contributed by atoms with Crippen LogP contribution in [0.4, 0.5) is 0 Å². The van der Waals surface area contributed by atoms with Crippen LogP contribution in [0.1, 0.15) is 44.4 Å². The number of rotatable bonds is 9. The summed E-state index contributed by atoms with van der Waals surface area (Å²) in [4.78, 5) is 38.2. The minimum absolute atomic E-state index is 0.124. The van der Waals surface area contributed by atoms with E-state index in [1.54, 1.807) is 78.9 Å². The summed E-state index contributed by atoms with van der Waals surface area (Å²) in [6, 6.07) is 25.9. The molecular weight excluding hydrogens is 492 g/mol. The van der Waals surface area contributed by atoms with Crippen molar-refractivity contribution < 1.29 is 33.3 Å². The SMILES string of the molecule is CCSC1O[C@H](COC(=O)c2ccccc2)[C@@H](OC(=O)c2ccccc2)C[C@H]1OC(=O)c1ccccc1. The van der Waals surface area contributed by atoms with E-state index < -0.39 is 41.7 Å². The van der Waals surface area contributed by atoms with Gasteiger partial charge >= 0.3 is 17.9 Å². The lowest BCUT2D eigenvalue weighted by Gasteiger charge is -2.39. The van der Waals surface area contributed by atoms with Crippen molar-refractivity contribution in [3.8, 4) is 0 Å². The molecule has 0 bridgehead atoms. The normalized spacial score (nSPS) is 21.0. The van der Waals surface area contributed by atoms with Crippen LogP contribution in [0.5, 0.6) is 0 Å². The van der Waals surface area contributed by atoms with Gasteiger partial charge in [-0.1, -0.05) is 61.5 Å². The van der Waals surface area contributed by atoms with E-state index in [9.17, 15) is 14.4 Å². The van der Waals surface area contributed by atoms with Crippen molar-refractivity contribution in [2.45, 2.75) is 37.1 Å². The molecule has 1 aliphatic rings. The van der Waals surface area contributed by atoms with Crippen molar-refractivity contribution in [1.82, 2.24) is 0 Å². The summed E-state index contributed by atoms with van der Waals surface area (Å²) in [5.74, 6) is -0.828. The molecule has 1 saturated heterocycles. The maximum atomic E-state index is 12.9. The summed E-state index contributed by atoms with van der Waals surface area (Å²) in [6.07, 6.45) is -2.02. The highest BCUT2D eigenvalue weighted by Gasteiger charge is 2.43. The van der Waals surface area contributed by atoms with Crippen molar-refractivity contribution in [3.05, 3.63) is 108 Å². The molecule has 1 unspecified atom stereocenters. The number of thioether (sulfide) groups is 1. The number of hydrogen-bond acceptors (Lipinski definition) is 8. The zero-order valence-electron chi connectivity index (χ0n) is 20.4. The molecule has 8 heteroatoms. The number of carbonyl (C=O) groups excluding carboxylic acids is 3. The van der Waals surface area contributed by atoms with Crippen LogP contribution in [-0.2, 0) is 18.9 Å². The van der Waals surface area contributed by atoms with E-state index in [4.69, 9.17) is 18.9 Å². The molecule has 0 spiro atoms.